The normalized spacial score (nSPS) is 16.7. The lowest BCUT2D eigenvalue weighted by Crippen LogP contribution is -2.54. The number of nitrogens with one attached hydrogen (secondary N) is 1. The molecule has 2 rings (SSSR count). The number of rotatable bonds is 7. The van der Waals surface area contributed by atoms with Gasteiger partial charge in [-0.2, -0.15) is 0 Å². The summed E-state index contributed by atoms with van der Waals surface area (Å²) in [7, 11) is 3.17. The minimum Gasteiger partial charge on any atom is -0.493 e. The third-order valence-electron chi connectivity index (χ3n) is 3.80. The number of methoxy groups -OCH3 is 2. The number of nitrogens with two attached hydrogens (primary N) is 1. The van der Waals surface area contributed by atoms with Crippen molar-refractivity contribution in [3.63, 3.8) is 0 Å². The van der Waals surface area contributed by atoms with Gasteiger partial charge < -0.3 is 30.0 Å². The zero-order valence-electron chi connectivity index (χ0n) is 13.6. The van der Waals surface area contributed by atoms with Crippen LogP contribution in [0.1, 0.15) is 12.8 Å². The monoisotopic (exact) mass is 324 g/mol. The molecular weight excluding hydrogens is 300 g/mol. The van der Waals surface area contributed by atoms with Crippen LogP contribution in [0.3, 0.4) is 0 Å². The molecule has 1 amide bonds. The van der Waals surface area contributed by atoms with Crippen LogP contribution >= 0.6 is 0 Å². The number of hydrogen-bond acceptors (Lipinski definition) is 6. The van der Waals surface area contributed by atoms with E-state index in [1.165, 1.54) is 0 Å². The van der Waals surface area contributed by atoms with Crippen LogP contribution in [0.15, 0.2) is 18.2 Å². The van der Waals surface area contributed by atoms with Crippen LogP contribution in [0.4, 0.5) is 5.69 Å². The van der Waals surface area contributed by atoms with Crippen molar-refractivity contribution in [1.82, 2.24) is 0 Å². The Kier molecular flexibility index (Phi) is 6.20. The van der Waals surface area contributed by atoms with Crippen LogP contribution in [0.2, 0.25) is 0 Å². The first-order chi connectivity index (χ1) is 11.1. The second-order valence-corrected chi connectivity index (χ2v) is 5.43. The number of carbonyl (C=O) groups is 1. The Labute approximate surface area is 136 Å². The van der Waals surface area contributed by atoms with E-state index < -0.39 is 5.54 Å². The first kappa shape index (κ1) is 17.5. The molecule has 0 saturated carbocycles. The smallest absolute Gasteiger partial charge is 0.244 e. The first-order valence-electron chi connectivity index (χ1n) is 7.57. The molecule has 0 atom stereocenters. The fourth-order valence-corrected chi connectivity index (χ4v) is 2.32. The van der Waals surface area contributed by atoms with E-state index in [1.54, 1.807) is 32.4 Å². The molecule has 0 aliphatic carbocycles. The SMILES string of the molecule is COCCOc1cc(NC(=O)C2(N)CCOCC2)ccc1OC. The third kappa shape index (κ3) is 4.57. The van der Waals surface area contributed by atoms with Crippen LogP contribution in [0, 0.1) is 0 Å². The molecule has 0 bridgehead atoms. The fourth-order valence-electron chi connectivity index (χ4n) is 2.32. The zero-order chi connectivity index (χ0) is 16.7. The van der Waals surface area contributed by atoms with Crippen LogP contribution < -0.4 is 20.5 Å². The molecule has 1 aromatic rings. The van der Waals surface area contributed by atoms with Gasteiger partial charge in [0.2, 0.25) is 5.91 Å². The van der Waals surface area contributed by atoms with E-state index in [0.29, 0.717) is 56.5 Å². The van der Waals surface area contributed by atoms with Gasteiger partial charge in [-0.05, 0) is 25.0 Å². The molecule has 23 heavy (non-hydrogen) atoms. The number of ether oxygens (including phenoxy) is 4. The van der Waals surface area contributed by atoms with E-state index in [4.69, 9.17) is 24.7 Å². The minimum absolute atomic E-state index is 0.214. The second kappa shape index (κ2) is 8.14. The fraction of sp³-hybridized carbons (Fsp3) is 0.562. The topological polar surface area (TPSA) is 92.0 Å². The van der Waals surface area contributed by atoms with Gasteiger partial charge in [0.25, 0.3) is 0 Å². The number of hydrogen-bond donors (Lipinski definition) is 2. The van der Waals surface area contributed by atoms with Crippen molar-refractivity contribution in [3.8, 4) is 11.5 Å². The molecule has 0 radical (unpaired) electrons. The molecule has 7 nitrogen and oxygen atoms in total. The summed E-state index contributed by atoms with van der Waals surface area (Å²) >= 11 is 0. The van der Waals surface area contributed by atoms with Crippen molar-refractivity contribution in [3.05, 3.63) is 18.2 Å². The Morgan fingerprint density at radius 1 is 1.26 bits per heavy atom. The van der Waals surface area contributed by atoms with Crippen LogP contribution in [0.25, 0.3) is 0 Å². The molecular formula is C16H24N2O5. The highest BCUT2D eigenvalue weighted by Gasteiger charge is 2.36. The average Bonchev–Trinajstić information content (AvgIpc) is 2.56. The van der Waals surface area contributed by atoms with Crippen molar-refractivity contribution in [2.75, 3.05) is 46.0 Å². The summed E-state index contributed by atoms with van der Waals surface area (Å²) in [5, 5.41) is 2.85. The summed E-state index contributed by atoms with van der Waals surface area (Å²) in [5.41, 5.74) is 5.90. The maximum absolute atomic E-state index is 12.4. The van der Waals surface area contributed by atoms with E-state index in [0.717, 1.165) is 0 Å². The number of anilines is 1. The number of amides is 1. The van der Waals surface area contributed by atoms with Gasteiger partial charge >= 0.3 is 0 Å². The van der Waals surface area contributed by atoms with Gasteiger partial charge in [-0.3, -0.25) is 4.79 Å². The Hall–Kier alpha value is -1.83. The molecule has 1 saturated heterocycles. The number of benzene rings is 1. The van der Waals surface area contributed by atoms with E-state index in [-0.39, 0.29) is 5.91 Å². The largest absolute Gasteiger partial charge is 0.493 e. The molecule has 1 aliphatic rings. The highest BCUT2D eigenvalue weighted by atomic mass is 16.5. The summed E-state index contributed by atoms with van der Waals surface area (Å²) in [6.45, 7) is 1.85. The summed E-state index contributed by atoms with van der Waals surface area (Å²) < 4.78 is 21.1. The molecule has 0 unspecified atom stereocenters. The molecule has 0 spiro atoms. The molecule has 1 heterocycles. The Morgan fingerprint density at radius 2 is 2.00 bits per heavy atom. The van der Waals surface area contributed by atoms with Gasteiger partial charge in [-0.15, -0.1) is 0 Å². The summed E-state index contributed by atoms with van der Waals surface area (Å²) in [6, 6.07) is 5.21. The summed E-state index contributed by atoms with van der Waals surface area (Å²) in [6.07, 6.45) is 1.01. The van der Waals surface area contributed by atoms with Crippen LogP contribution in [-0.4, -0.2) is 52.1 Å². The molecule has 128 valence electrons. The maximum atomic E-state index is 12.4. The Morgan fingerprint density at radius 3 is 2.65 bits per heavy atom. The summed E-state index contributed by atoms with van der Waals surface area (Å²) in [4.78, 5) is 12.4. The summed E-state index contributed by atoms with van der Waals surface area (Å²) in [5.74, 6) is 0.918. The van der Waals surface area contributed by atoms with Gasteiger partial charge in [-0.1, -0.05) is 0 Å². The average molecular weight is 324 g/mol. The first-order valence-corrected chi connectivity index (χ1v) is 7.57. The maximum Gasteiger partial charge on any atom is 0.244 e. The standard InChI is InChI=1S/C16H24N2O5/c1-20-9-10-23-14-11-12(3-4-13(14)21-2)18-15(19)16(17)5-7-22-8-6-16/h3-4,11H,5-10,17H2,1-2H3,(H,18,19). The lowest BCUT2D eigenvalue weighted by molar-refractivity contribution is -0.124. The van der Waals surface area contributed by atoms with Gasteiger partial charge in [0.05, 0.1) is 13.7 Å². The highest BCUT2D eigenvalue weighted by molar-refractivity contribution is 5.98. The van der Waals surface area contributed by atoms with Gasteiger partial charge in [-0.25, -0.2) is 0 Å². The molecule has 1 fully saturated rings. The van der Waals surface area contributed by atoms with Crippen LogP contribution in [0.5, 0.6) is 11.5 Å². The molecule has 1 aliphatic heterocycles. The van der Waals surface area contributed by atoms with Gasteiger partial charge in [0, 0.05) is 32.1 Å². The quantitative estimate of drug-likeness (QED) is 0.732. The van der Waals surface area contributed by atoms with Crippen molar-refractivity contribution < 1.29 is 23.7 Å². The highest BCUT2D eigenvalue weighted by Crippen LogP contribution is 2.31. The third-order valence-corrected chi connectivity index (χ3v) is 3.80. The van der Waals surface area contributed by atoms with Crippen molar-refractivity contribution >= 4 is 11.6 Å². The second-order valence-electron chi connectivity index (χ2n) is 5.43. The van der Waals surface area contributed by atoms with Crippen LogP contribution in [-0.2, 0) is 14.3 Å². The van der Waals surface area contributed by atoms with Crippen molar-refractivity contribution in [2.24, 2.45) is 5.73 Å². The van der Waals surface area contributed by atoms with E-state index in [9.17, 15) is 4.79 Å². The van der Waals surface area contributed by atoms with Gasteiger partial charge in [0.1, 0.15) is 12.1 Å². The van der Waals surface area contributed by atoms with Gasteiger partial charge in [0.15, 0.2) is 11.5 Å². The zero-order valence-corrected chi connectivity index (χ0v) is 13.6. The predicted octanol–water partition coefficient (Wildman–Crippen LogP) is 1.17. The van der Waals surface area contributed by atoms with Crippen molar-refractivity contribution in [1.29, 1.82) is 0 Å². The Balaban J connectivity index is 2.06. The molecule has 3 N–H and O–H groups in total. The minimum atomic E-state index is -0.894. The molecule has 1 aromatic carbocycles. The lowest BCUT2D eigenvalue weighted by Gasteiger charge is -2.31. The van der Waals surface area contributed by atoms with Crippen molar-refractivity contribution in [2.45, 2.75) is 18.4 Å². The van der Waals surface area contributed by atoms with E-state index in [2.05, 4.69) is 5.32 Å². The predicted molar refractivity (Wildman–Crippen MR) is 86.0 cm³/mol. The lowest BCUT2D eigenvalue weighted by atomic mass is 9.90. The Bertz CT molecular complexity index is 529. The van der Waals surface area contributed by atoms with E-state index in [1.807, 2.05) is 0 Å². The van der Waals surface area contributed by atoms with E-state index >= 15 is 0 Å². The number of carbonyl (C=O) groups excluding carboxylic acids is 1. The molecule has 0 aromatic heterocycles. The molecule has 7 heteroatoms.